The summed E-state index contributed by atoms with van der Waals surface area (Å²) in [6, 6.07) is 18.1. The fourth-order valence-electron chi connectivity index (χ4n) is 4.23. The predicted octanol–water partition coefficient (Wildman–Crippen LogP) is 3.76. The number of phenols is 1. The normalized spacial score (nSPS) is 20.0. The summed E-state index contributed by atoms with van der Waals surface area (Å²) in [4.78, 5) is 17.2. The van der Waals surface area contributed by atoms with Crippen LogP contribution >= 0.6 is 15.9 Å². The number of aromatic hydroxyl groups is 1. The van der Waals surface area contributed by atoms with Crippen LogP contribution in [0.25, 0.3) is 10.0 Å². The van der Waals surface area contributed by atoms with Crippen LogP contribution in [0.4, 0.5) is 5.69 Å². The van der Waals surface area contributed by atoms with Gasteiger partial charge in [0, 0.05) is 0 Å². The van der Waals surface area contributed by atoms with Crippen LogP contribution in [-0.4, -0.2) is 39.2 Å². The Balaban J connectivity index is 1.92. The first-order valence-corrected chi connectivity index (χ1v) is 14.2. The van der Waals surface area contributed by atoms with E-state index in [9.17, 15) is 9.90 Å². The van der Waals surface area contributed by atoms with Gasteiger partial charge in [0.2, 0.25) is 0 Å². The zero-order valence-electron chi connectivity index (χ0n) is 15.5. The zero-order valence-corrected chi connectivity index (χ0v) is 19.8. The Morgan fingerprint density at radius 1 is 1.03 bits per heavy atom. The molecule has 2 heterocycles. The number of hydrogen-bond donors (Lipinski definition) is 1. The van der Waals surface area contributed by atoms with E-state index in [2.05, 4.69) is 46.7 Å². The molecule has 142 valence electrons. The second-order valence-corrected chi connectivity index (χ2v) is 15.4. The Morgan fingerprint density at radius 3 is 2.55 bits per heavy atom. The Labute approximate surface area is 184 Å². The number of carbonyl (C=O) groups is 1. The number of phenolic OH excluding ortho intramolecular Hbond substituents is 1. The van der Waals surface area contributed by atoms with E-state index in [4.69, 9.17) is 4.99 Å². The van der Waals surface area contributed by atoms with Crippen molar-refractivity contribution in [2.24, 2.45) is 4.99 Å². The summed E-state index contributed by atoms with van der Waals surface area (Å²) in [7, 11) is -2.57. The molecule has 0 amide bonds. The predicted molar refractivity (Wildman–Crippen MR) is 125 cm³/mol. The number of carbonyl (C=O) groups excluding carboxylic acids is 1. The van der Waals surface area contributed by atoms with Crippen LogP contribution in [0.15, 0.2) is 86.4 Å². The van der Waals surface area contributed by atoms with E-state index >= 15 is 0 Å². The summed E-state index contributed by atoms with van der Waals surface area (Å²) in [5.74, 6) is 0.270. The molecule has 0 bridgehead atoms. The van der Waals surface area contributed by atoms with Gasteiger partial charge in [-0.3, -0.25) is 0 Å². The first-order chi connectivity index (χ1) is 14.0. The van der Waals surface area contributed by atoms with Crippen molar-refractivity contribution in [2.45, 2.75) is 6.55 Å². The average molecular weight is 525 g/mol. The average Bonchev–Trinajstić information content (AvgIpc) is 3.15. The number of rotatable bonds is 2. The maximum atomic E-state index is 12.3. The minimum atomic E-state index is -2.57. The minimum absolute atomic E-state index is 0.00697. The molecule has 1 unspecified atom stereocenters. The molecule has 1 aliphatic heterocycles. The molecule has 5 rings (SSSR count). The van der Waals surface area contributed by atoms with E-state index in [-0.39, 0.29) is 26.0 Å². The summed E-state index contributed by atoms with van der Waals surface area (Å²) >= 11 is 3.70. The molecule has 0 spiro atoms. The maximum absolute atomic E-state index is 12.3. The van der Waals surface area contributed by atoms with Crippen molar-refractivity contribution >= 4 is 66.1 Å². The monoisotopic (exact) mass is 525 g/mol. The van der Waals surface area contributed by atoms with Crippen molar-refractivity contribution in [1.29, 1.82) is 0 Å². The van der Waals surface area contributed by atoms with E-state index in [1.165, 1.54) is 5.19 Å². The third-order valence-corrected chi connectivity index (χ3v) is 13.0. The number of hydrogen-bond acceptors (Lipinski definition) is 3. The third kappa shape index (κ3) is 2.90. The molecule has 6 heteroatoms. The Morgan fingerprint density at radius 2 is 1.83 bits per heavy atom. The standard InChI is InChI=1S/C23H16BrNO2SeSi/c1-29(15-5-3-2-4-6-15)20-13-14(26)7-8-16(20)25-17-9-10-18(27)22(23(17)29)19-11-12-21(24)28-19/h2-13,27H,1H3. The summed E-state index contributed by atoms with van der Waals surface area (Å²) in [5, 5.41) is 14.2. The van der Waals surface area contributed by atoms with Crippen LogP contribution in [0.5, 0.6) is 5.75 Å². The molecule has 0 radical (unpaired) electrons. The van der Waals surface area contributed by atoms with Gasteiger partial charge in [-0.25, -0.2) is 0 Å². The molecule has 2 aliphatic rings. The van der Waals surface area contributed by atoms with Gasteiger partial charge in [0.25, 0.3) is 0 Å². The zero-order chi connectivity index (χ0) is 20.2. The van der Waals surface area contributed by atoms with E-state index in [0.717, 1.165) is 35.1 Å². The summed E-state index contributed by atoms with van der Waals surface area (Å²) in [6.07, 6.45) is 5.16. The number of ketones is 1. The van der Waals surface area contributed by atoms with Gasteiger partial charge in [-0.05, 0) is 0 Å². The van der Waals surface area contributed by atoms with Crippen molar-refractivity contribution in [3.8, 4) is 15.8 Å². The van der Waals surface area contributed by atoms with Crippen LogP contribution in [0, 0.1) is 0 Å². The number of halogens is 1. The molecular weight excluding hydrogens is 509 g/mol. The second-order valence-electron chi connectivity index (χ2n) is 7.24. The molecule has 1 N–H and O–H groups in total. The third-order valence-electron chi connectivity index (χ3n) is 5.58. The Kier molecular flexibility index (Phi) is 4.48. The number of allylic oxidation sites excluding steroid dienone is 4. The van der Waals surface area contributed by atoms with Gasteiger partial charge < -0.3 is 0 Å². The van der Waals surface area contributed by atoms with Crippen LogP contribution in [-0.2, 0) is 4.79 Å². The Hall–Kier alpha value is -2.24. The van der Waals surface area contributed by atoms with Crippen LogP contribution < -0.4 is 10.4 Å². The van der Waals surface area contributed by atoms with Gasteiger partial charge in [-0.2, -0.15) is 0 Å². The molecule has 0 saturated carbocycles. The molecule has 3 aromatic rings. The molecule has 1 aliphatic carbocycles. The van der Waals surface area contributed by atoms with Gasteiger partial charge in [0.15, 0.2) is 0 Å². The van der Waals surface area contributed by atoms with Gasteiger partial charge in [0.1, 0.15) is 0 Å². The van der Waals surface area contributed by atoms with Gasteiger partial charge in [-0.1, -0.05) is 0 Å². The summed E-state index contributed by atoms with van der Waals surface area (Å²) < 4.78 is 2.28. The number of aliphatic imine (C=N–C) groups is 1. The fraction of sp³-hybridized carbons (Fsp3) is 0.0435. The molecule has 0 fully saturated rings. The molecule has 1 aromatic heterocycles. The number of nitrogens with zero attached hydrogens (tertiary/aromatic N) is 1. The molecule has 0 saturated heterocycles. The SMILES string of the molecule is C[Si]1(c2ccccc2)C2=CC(=O)C=CC2=Nc2ccc(O)c(-c3ccc(Br)[se]3)c21. The van der Waals surface area contributed by atoms with Crippen molar-refractivity contribution in [3.05, 3.63) is 81.4 Å². The fourth-order valence-corrected chi connectivity index (χ4v) is 11.4. The first-order valence-electron chi connectivity index (χ1n) is 9.19. The van der Waals surface area contributed by atoms with Gasteiger partial charge >= 0.3 is 185 Å². The second kappa shape index (κ2) is 6.92. The van der Waals surface area contributed by atoms with Gasteiger partial charge in [0.05, 0.1) is 0 Å². The molecular formula is C23H16BrNO2SeSi. The summed E-state index contributed by atoms with van der Waals surface area (Å²) in [6.45, 7) is 2.27. The van der Waals surface area contributed by atoms with E-state index in [0.29, 0.717) is 0 Å². The topological polar surface area (TPSA) is 49.7 Å². The number of fused-ring (bicyclic) bond motifs is 2. The van der Waals surface area contributed by atoms with Crippen molar-refractivity contribution in [1.82, 2.24) is 0 Å². The van der Waals surface area contributed by atoms with E-state index in [1.807, 2.05) is 30.3 Å². The van der Waals surface area contributed by atoms with Crippen molar-refractivity contribution in [3.63, 3.8) is 0 Å². The molecule has 29 heavy (non-hydrogen) atoms. The van der Waals surface area contributed by atoms with Crippen LogP contribution in [0.3, 0.4) is 0 Å². The van der Waals surface area contributed by atoms with E-state index < -0.39 is 8.07 Å². The quantitative estimate of drug-likeness (QED) is 0.410. The van der Waals surface area contributed by atoms with Crippen LogP contribution in [0.1, 0.15) is 0 Å². The van der Waals surface area contributed by atoms with Crippen molar-refractivity contribution in [2.75, 3.05) is 0 Å². The summed E-state index contributed by atoms with van der Waals surface area (Å²) in [5.41, 5.74) is 2.63. The first kappa shape index (κ1) is 18.8. The number of benzene rings is 2. The molecule has 2 aromatic carbocycles. The van der Waals surface area contributed by atoms with E-state index in [1.54, 1.807) is 18.2 Å². The molecule has 1 atom stereocenters. The van der Waals surface area contributed by atoms with Gasteiger partial charge in [-0.15, -0.1) is 0 Å². The van der Waals surface area contributed by atoms with Crippen molar-refractivity contribution < 1.29 is 9.90 Å². The Bertz CT molecular complexity index is 1260. The molecule has 3 nitrogen and oxygen atoms in total. The van der Waals surface area contributed by atoms with Crippen LogP contribution in [0.2, 0.25) is 6.55 Å².